The summed E-state index contributed by atoms with van der Waals surface area (Å²) in [4.78, 5) is 0. The van der Waals surface area contributed by atoms with Crippen LogP contribution >= 0.6 is 11.6 Å². The lowest BCUT2D eigenvalue weighted by Gasteiger charge is -2.24. The van der Waals surface area contributed by atoms with Gasteiger partial charge in [-0.3, -0.25) is 0 Å². The van der Waals surface area contributed by atoms with E-state index in [0.29, 0.717) is 18.0 Å². The number of nitrogens with zero attached hydrogens (tertiary/aromatic N) is 1. The predicted octanol–water partition coefficient (Wildman–Crippen LogP) is 2.27. The summed E-state index contributed by atoms with van der Waals surface area (Å²) in [6.07, 6.45) is 0.603. The summed E-state index contributed by atoms with van der Waals surface area (Å²) in [6, 6.07) is 7.06. The molecule has 6 heteroatoms. The summed E-state index contributed by atoms with van der Waals surface area (Å²) in [5.41, 5.74) is 0.896. The van der Waals surface area contributed by atoms with E-state index in [1.54, 1.807) is 19.2 Å². The van der Waals surface area contributed by atoms with Gasteiger partial charge in [-0.25, -0.2) is 8.42 Å². The van der Waals surface area contributed by atoms with Crippen LogP contribution < -0.4 is 5.32 Å². The average Bonchev–Trinajstić information content (AvgIpc) is 2.37. The molecule has 0 amide bonds. The summed E-state index contributed by atoms with van der Waals surface area (Å²) < 4.78 is 25.8. The highest BCUT2D eigenvalue weighted by Crippen LogP contribution is 2.24. The Balaban J connectivity index is 2.78. The van der Waals surface area contributed by atoms with Gasteiger partial charge in [0.15, 0.2) is 0 Å². The van der Waals surface area contributed by atoms with Crippen molar-refractivity contribution < 1.29 is 8.42 Å². The van der Waals surface area contributed by atoms with Crippen LogP contribution in [0.3, 0.4) is 0 Å². The monoisotopic (exact) mass is 304 g/mol. The molecule has 0 aromatic heterocycles. The van der Waals surface area contributed by atoms with Gasteiger partial charge in [-0.2, -0.15) is 4.31 Å². The Morgan fingerprint density at radius 3 is 2.68 bits per heavy atom. The van der Waals surface area contributed by atoms with E-state index in [-0.39, 0.29) is 11.8 Å². The van der Waals surface area contributed by atoms with Crippen molar-refractivity contribution in [1.82, 2.24) is 9.62 Å². The summed E-state index contributed by atoms with van der Waals surface area (Å²) >= 11 is 5.93. The van der Waals surface area contributed by atoms with Crippen molar-refractivity contribution in [3.8, 4) is 0 Å². The van der Waals surface area contributed by atoms with Crippen molar-refractivity contribution in [2.45, 2.75) is 19.4 Å². The van der Waals surface area contributed by atoms with E-state index < -0.39 is 10.0 Å². The highest BCUT2D eigenvalue weighted by Gasteiger charge is 2.23. The molecule has 19 heavy (non-hydrogen) atoms. The van der Waals surface area contributed by atoms with Crippen LogP contribution in [-0.2, 0) is 10.0 Å². The third kappa shape index (κ3) is 4.76. The molecule has 0 aliphatic carbocycles. The van der Waals surface area contributed by atoms with Crippen LogP contribution in [0.5, 0.6) is 0 Å². The standard InChI is InChI=1S/C13H21ClN2O2S/c1-11(12-6-4-7-13(14)10-12)16(3)19(17,18)9-5-8-15-2/h4,6-7,10-11,15H,5,8-9H2,1-3H3. The first-order valence-corrected chi connectivity index (χ1v) is 8.23. The lowest BCUT2D eigenvalue weighted by molar-refractivity contribution is 0.397. The highest BCUT2D eigenvalue weighted by molar-refractivity contribution is 7.89. The Hall–Kier alpha value is -0.620. The molecule has 1 atom stereocenters. The van der Waals surface area contributed by atoms with Gasteiger partial charge in [-0.05, 0) is 44.6 Å². The second-order valence-electron chi connectivity index (χ2n) is 4.52. The van der Waals surface area contributed by atoms with Crippen molar-refractivity contribution in [1.29, 1.82) is 0 Å². The molecule has 0 aliphatic heterocycles. The molecule has 108 valence electrons. The molecule has 4 nitrogen and oxygen atoms in total. The summed E-state index contributed by atoms with van der Waals surface area (Å²) in [6.45, 7) is 2.56. The number of sulfonamides is 1. The van der Waals surface area contributed by atoms with Crippen molar-refractivity contribution in [2.75, 3.05) is 26.4 Å². The lowest BCUT2D eigenvalue weighted by atomic mass is 10.1. The van der Waals surface area contributed by atoms with E-state index in [1.807, 2.05) is 26.1 Å². The third-order valence-electron chi connectivity index (χ3n) is 3.14. The van der Waals surface area contributed by atoms with E-state index in [2.05, 4.69) is 5.32 Å². The van der Waals surface area contributed by atoms with Crippen LogP contribution in [0.15, 0.2) is 24.3 Å². The normalized spacial score (nSPS) is 13.7. The van der Waals surface area contributed by atoms with Gasteiger partial charge in [0.2, 0.25) is 10.0 Å². The molecule has 0 saturated carbocycles. The zero-order valence-corrected chi connectivity index (χ0v) is 13.1. The third-order valence-corrected chi connectivity index (χ3v) is 5.38. The smallest absolute Gasteiger partial charge is 0.214 e. The van der Waals surface area contributed by atoms with Crippen LogP contribution in [0.1, 0.15) is 24.9 Å². The molecule has 0 fully saturated rings. The fourth-order valence-electron chi connectivity index (χ4n) is 1.79. The van der Waals surface area contributed by atoms with Gasteiger partial charge < -0.3 is 5.32 Å². The number of rotatable bonds is 7. The molecule has 0 spiro atoms. The van der Waals surface area contributed by atoms with E-state index >= 15 is 0 Å². The van der Waals surface area contributed by atoms with Gasteiger partial charge in [0.1, 0.15) is 0 Å². The Kier molecular flexibility index (Phi) is 6.26. The predicted molar refractivity (Wildman–Crippen MR) is 80.0 cm³/mol. The van der Waals surface area contributed by atoms with Gasteiger partial charge in [0.05, 0.1) is 5.75 Å². The van der Waals surface area contributed by atoms with E-state index in [1.165, 1.54) is 4.31 Å². The Morgan fingerprint density at radius 2 is 2.11 bits per heavy atom. The Bertz CT molecular complexity index is 505. The Labute approximate surface area is 120 Å². The molecule has 0 bridgehead atoms. The van der Waals surface area contributed by atoms with E-state index in [9.17, 15) is 8.42 Å². The van der Waals surface area contributed by atoms with Crippen molar-refractivity contribution in [3.05, 3.63) is 34.9 Å². The molecule has 1 aromatic rings. The van der Waals surface area contributed by atoms with Gasteiger partial charge >= 0.3 is 0 Å². The average molecular weight is 305 g/mol. The van der Waals surface area contributed by atoms with E-state index in [0.717, 1.165) is 5.56 Å². The molecule has 1 rings (SSSR count). The van der Waals surface area contributed by atoms with E-state index in [4.69, 9.17) is 11.6 Å². The number of nitrogens with one attached hydrogen (secondary N) is 1. The first-order chi connectivity index (χ1) is 8.88. The molecule has 0 heterocycles. The molecule has 0 saturated heterocycles. The van der Waals surface area contributed by atoms with Crippen LogP contribution in [-0.4, -0.2) is 39.1 Å². The number of hydrogen-bond acceptors (Lipinski definition) is 3. The molecule has 0 aliphatic rings. The first-order valence-electron chi connectivity index (χ1n) is 6.24. The zero-order valence-electron chi connectivity index (χ0n) is 11.6. The van der Waals surface area contributed by atoms with Crippen LogP contribution in [0, 0.1) is 0 Å². The minimum absolute atomic E-state index is 0.148. The molecular formula is C13H21ClN2O2S. The minimum atomic E-state index is -3.24. The second-order valence-corrected chi connectivity index (χ2v) is 7.10. The van der Waals surface area contributed by atoms with Gasteiger partial charge in [0, 0.05) is 18.1 Å². The molecule has 0 radical (unpaired) electrons. The molecule has 1 N–H and O–H groups in total. The minimum Gasteiger partial charge on any atom is -0.320 e. The Morgan fingerprint density at radius 1 is 1.42 bits per heavy atom. The van der Waals surface area contributed by atoms with Crippen molar-refractivity contribution in [3.63, 3.8) is 0 Å². The second kappa shape index (κ2) is 7.24. The summed E-state index contributed by atoms with van der Waals surface area (Å²) in [7, 11) is 0.179. The molecule has 1 aromatic carbocycles. The molecular weight excluding hydrogens is 284 g/mol. The largest absolute Gasteiger partial charge is 0.320 e. The van der Waals surface area contributed by atoms with Crippen molar-refractivity contribution in [2.24, 2.45) is 0 Å². The maximum absolute atomic E-state index is 12.2. The summed E-state index contributed by atoms with van der Waals surface area (Å²) in [5, 5.41) is 3.56. The topological polar surface area (TPSA) is 49.4 Å². The maximum Gasteiger partial charge on any atom is 0.214 e. The van der Waals surface area contributed by atoms with Gasteiger partial charge in [0.25, 0.3) is 0 Å². The molecule has 1 unspecified atom stereocenters. The fraction of sp³-hybridized carbons (Fsp3) is 0.538. The number of hydrogen-bond donors (Lipinski definition) is 1. The van der Waals surface area contributed by atoms with Gasteiger partial charge in [-0.1, -0.05) is 23.7 Å². The van der Waals surface area contributed by atoms with Crippen LogP contribution in [0.4, 0.5) is 0 Å². The van der Waals surface area contributed by atoms with Crippen LogP contribution in [0.25, 0.3) is 0 Å². The fourth-order valence-corrected chi connectivity index (χ4v) is 3.39. The highest BCUT2D eigenvalue weighted by atomic mass is 35.5. The van der Waals surface area contributed by atoms with Crippen LogP contribution in [0.2, 0.25) is 5.02 Å². The summed E-state index contributed by atoms with van der Waals surface area (Å²) in [5.74, 6) is 0.148. The SMILES string of the molecule is CNCCCS(=O)(=O)N(C)C(C)c1cccc(Cl)c1. The van der Waals surface area contributed by atoms with Gasteiger partial charge in [-0.15, -0.1) is 0 Å². The lowest BCUT2D eigenvalue weighted by Crippen LogP contribution is -2.32. The quantitative estimate of drug-likeness (QED) is 0.786. The number of halogens is 1. The first kappa shape index (κ1) is 16.4. The maximum atomic E-state index is 12.2. The van der Waals surface area contributed by atoms with Crippen molar-refractivity contribution >= 4 is 21.6 Å². The number of benzene rings is 1. The zero-order chi connectivity index (χ0) is 14.5.